The minimum Gasteiger partial charge on any atom is -0.489 e. The second-order valence-corrected chi connectivity index (χ2v) is 6.82. The van der Waals surface area contributed by atoms with E-state index in [1.54, 1.807) is 6.08 Å². The number of rotatable bonds is 8. The van der Waals surface area contributed by atoms with Crippen LogP contribution < -0.4 is 15.4 Å². The van der Waals surface area contributed by atoms with Crippen LogP contribution in [0.5, 0.6) is 5.75 Å². The summed E-state index contributed by atoms with van der Waals surface area (Å²) >= 11 is 5.36. The monoisotopic (exact) mass is 347 g/mol. The maximum atomic E-state index is 5.52. The molecule has 0 amide bonds. The molecule has 2 rings (SSSR count). The summed E-state index contributed by atoms with van der Waals surface area (Å²) in [6.45, 7) is 11.0. The van der Waals surface area contributed by atoms with Crippen LogP contribution >= 0.6 is 12.2 Å². The van der Waals surface area contributed by atoms with E-state index in [-0.39, 0.29) is 0 Å². The number of likely N-dealkylation sites (tertiary alicyclic amines) is 1. The van der Waals surface area contributed by atoms with Crippen molar-refractivity contribution in [3.8, 4) is 5.75 Å². The van der Waals surface area contributed by atoms with Gasteiger partial charge >= 0.3 is 0 Å². The lowest BCUT2D eigenvalue weighted by atomic mass is 10.0. The Bertz CT molecular complexity index is 535. The lowest BCUT2D eigenvalue weighted by Gasteiger charge is -2.30. The predicted octanol–water partition coefficient (Wildman–Crippen LogP) is 3.66. The minimum atomic E-state index is 0.501. The normalized spacial score (nSPS) is 18.0. The zero-order valence-corrected chi connectivity index (χ0v) is 15.4. The second kappa shape index (κ2) is 10.3. The average Bonchev–Trinajstić information content (AvgIpc) is 2.57. The Balaban J connectivity index is 1.65. The summed E-state index contributed by atoms with van der Waals surface area (Å²) in [5.74, 6) is 1.65. The SMILES string of the molecule is C=CCOc1cccc(NC(=S)NCCCN2CCC[C@H](C)C2)c1. The molecule has 5 heteroatoms. The number of ether oxygens (including phenoxy) is 1. The molecule has 0 aromatic heterocycles. The summed E-state index contributed by atoms with van der Waals surface area (Å²) < 4.78 is 5.52. The molecule has 1 aliphatic heterocycles. The number of piperidine rings is 1. The number of hydrogen-bond donors (Lipinski definition) is 2. The van der Waals surface area contributed by atoms with Crippen molar-refractivity contribution in [2.45, 2.75) is 26.2 Å². The summed E-state index contributed by atoms with van der Waals surface area (Å²) in [6.07, 6.45) is 5.55. The van der Waals surface area contributed by atoms with Gasteiger partial charge in [-0.25, -0.2) is 0 Å². The van der Waals surface area contributed by atoms with Crippen LogP contribution in [0.1, 0.15) is 26.2 Å². The maximum absolute atomic E-state index is 5.52. The molecule has 0 radical (unpaired) electrons. The highest BCUT2D eigenvalue weighted by Gasteiger charge is 2.15. The van der Waals surface area contributed by atoms with Crippen molar-refractivity contribution in [2.24, 2.45) is 5.92 Å². The molecule has 24 heavy (non-hydrogen) atoms. The van der Waals surface area contributed by atoms with Crippen molar-refractivity contribution in [1.82, 2.24) is 10.2 Å². The summed E-state index contributed by atoms with van der Waals surface area (Å²) in [6, 6.07) is 7.78. The molecule has 1 fully saturated rings. The predicted molar refractivity (Wildman–Crippen MR) is 106 cm³/mol. The first-order chi connectivity index (χ1) is 11.7. The first kappa shape index (κ1) is 18.7. The van der Waals surface area contributed by atoms with Gasteiger partial charge in [0.1, 0.15) is 12.4 Å². The molecule has 0 spiro atoms. The molecule has 4 nitrogen and oxygen atoms in total. The third kappa shape index (κ3) is 6.89. The summed E-state index contributed by atoms with van der Waals surface area (Å²) in [4.78, 5) is 2.56. The number of nitrogens with one attached hydrogen (secondary N) is 2. The Hall–Kier alpha value is -1.59. The van der Waals surface area contributed by atoms with E-state index in [1.165, 1.54) is 25.9 Å². The number of anilines is 1. The summed E-state index contributed by atoms with van der Waals surface area (Å²) in [5.41, 5.74) is 0.930. The Morgan fingerprint density at radius 1 is 1.50 bits per heavy atom. The third-order valence-electron chi connectivity index (χ3n) is 4.14. The van der Waals surface area contributed by atoms with Crippen LogP contribution in [-0.4, -0.2) is 42.8 Å². The van der Waals surface area contributed by atoms with Crippen LogP contribution in [-0.2, 0) is 0 Å². The van der Waals surface area contributed by atoms with Crippen molar-refractivity contribution in [3.63, 3.8) is 0 Å². The van der Waals surface area contributed by atoms with E-state index in [0.29, 0.717) is 11.7 Å². The topological polar surface area (TPSA) is 36.5 Å². The first-order valence-electron chi connectivity index (χ1n) is 8.78. The fourth-order valence-electron chi connectivity index (χ4n) is 2.99. The van der Waals surface area contributed by atoms with E-state index < -0.39 is 0 Å². The molecule has 0 bridgehead atoms. The van der Waals surface area contributed by atoms with Gasteiger partial charge in [0.2, 0.25) is 0 Å². The van der Waals surface area contributed by atoms with Crippen LogP contribution in [0.3, 0.4) is 0 Å². The van der Waals surface area contributed by atoms with Gasteiger partial charge in [0.05, 0.1) is 0 Å². The quantitative estimate of drug-likeness (QED) is 0.426. The van der Waals surface area contributed by atoms with Crippen molar-refractivity contribution >= 4 is 23.0 Å². The number of nitrogens with zero attached hydrogens (tertiary/aromatic N) is 1. The fraction of sp³-hybridized carbons (Fsp3) is 0.526. The average molecular weight is 348 g/mol. The lowest BCUT2D eigenvalue weighted by Crippen LogP contribution is -2.37. The Morgan fingerprint density at radius 3 is 3.17 bits per heavy atom. The third-order valence-corrected chi connectivity index (χ3v) is 4.38. The molecule has 0 aliphatic carbocycles. The Kier molecular flexibility index (Phi) is 8.05. The molecule has 1 saturated heterocycles. The molecule has 0 unspecified atom stereocenters. The number of thiocarbonyl (C=S) groups is 1. The van der Waals surface area contributed by atoms with Crippen molar-refractivity contribution < 1.29 is 4.74 Å². The highest BCUT2D eigenvalue weighted by molar-refractivity contribution is 7.80. The zero-order valence-electron chi connectivity index (χ0n) is 14.6. The molecule has 1 aliphatic rings. The van der Waals surface area contributed by atoms with E-state index in [2.05, 4.69) is 29.0 Å². The van der Waals surface area contributed by atoms with Gasteiger partial charge < -0.3 is 20.3 Å². The van der Waals surface area contributed by atoms with Gasteiger partial charge in [0.25, 0.3) is 0 Å². The van der Waals surface area contributed by atoms with E-state index in [0.717, 1.165) is 36.9 Å². The molecule has 1 aromatic carbocycles. The standard InChI is InChI=1S/C19H29N3OS/c1-3-13-23-18-9-4-8-17(14-18)21-19(24)20-10-6-12-22-11-5-7-16(2)15-22/h3-4,8-9,14,16H,1,5-7,10-13,15H2,2H3,(H2,20,21,24)/t16-/m0/s1. The molecular formula is C19H29N3OS. The highest BCUT2D eigenvalue weighted by atomic mass is 32.1. The summed E-state index contributed by atoms with van der Waals surface area (Å²) in [5, 5.41) is 7.14. The zero-order chi connectivity index (χ0) is 17.2. The van der Waals surface area contributed by atoms with Crippen molar-refractivity contribution in [3.05, 3.63) is 36.9 Å². The number of hydrogen-bond acceptors (Lipinski definition) is 3. The van der Waals surface area contributed by atoms with Gasteiger partial charge in [-0.15, -0.1) is 0 Å². The van der Waals surface area contributed by atoms with E-state index >= 15 is 0 Å². The second-order valence-electron chi connectivity index (χ2n) is 6.41. The molecule has 132 valence electrons. The molecule has 1 aromatic rings. The lowest BCUT2D eigenvalue weighted by molar-refractivity contribution is 0.182. The van der Waals surface area contributed by atoms with Crippen LogP contribution in [0.15, 0.2) is 36.9 Å². The van der Waals surface area contributed by atoms with Crippen LogP contribution in [0.4, 0.5) is 5.69 Å². The maximum Gasteiger partial charge on any atom is 0.170 e. The molecule has 2 N–H and O–H groups in total. The van der Waals surface area contributed by atoms with Gasteiger partial charge in [0, 0.05) is 24.8 Å². The van der Waals surface area contributed by atoms with Gasteiger partial charge in [-0.05, 0) is 62.6 Å². The van der Waals surface area contributed by atoms with Gasteiger partial charge in [0.15, 0.2) is 5.11 Å². The van der Waals surface area contributed by atoms with Crippen LogP contribution in [0.2, 0.25) is 0 Å². The van der Waals surface area contributed by atoms with Crippen LogP contribution in [0, 0.1) is 5.92 Å². The van der Waals surface area contributed by atoms with Crippen molar-refractivity contribution in [2.75, 3.05) is 38.1 Å². The van der Waals surface area contributed by atoms with Gasteiger partial charge in [-0.3, -0.25) is 0 Å². The minimum absolute atomic E-state index is 0.501. The number of benzene rings is 1. The van der Waals surface area contributed by atoms with Gasteiger partial charge in [-0.2, -0.15) is 0 Å². The fourth-order valence-corrected chi connectivity index (χ4v) is 3.21. The first-order valence-corrected chi connectivity index (χ1v) is 9.19. The largest absolute Gasteiger partial charge is 0.489 e. The van der Waals surface area contributed by atoms with Gasteiger partial charge in [-0.1, -0.05) is 25.6 Å². The van der Waals surface area contributed by atoms with E-state index in [9.17, 15) is 0 Å². The molecule has 1 atom stereocenters. The Morgan fingerprint density at radius 2 is 2.38 bits per heavy atom. The van der Waals surface area contributed by atoms with Crippen LogP contribution in [0.25, 0.3) is 0 Å². The van der Waals surface area contributed by atoms with E-state index in [4.69, 9.17) is 17.0 Å². The smallest absolute Gasteiger partial charge is 0.170 e. The Labute approximate surface area is 151 Å². The molecular weight excluding hydrogens is 318 g/mol. The molecule has 1 heterocycles. The van der Waals surface area contributed by atoms with Crippen molar-refractivity contribution in [1.29, 1.82) is 0 Å². The van der Waals surface area contributed by atoms with E-state index in [1.807, 2.05) is 24.3 Å². The summed E-state index contributed by atoms with van der Waals surface area (Å²) in [7, 11) is 0. The molecule has 0 saturated carbocycles. The highest BCUT2D eigenvalue weighted by Crippen LogP contribution is 2.17.